The Morgan fingerprint density at radius 3 is 2.68 bits per heavy atom. The summed E-state index contributed by atoms with van der Waals surface area (Å²) in [4.78, 5) is 30.2. The van der Waals surface area contributed by atoms with Gasteiger partial charge >= 0.3 is 0 Å². The fourth-order valence-corrected chi connectivity index (χ4v) is 2.35. The van der Waals surface area contributed by atoms with Gasteiger partial charge in [0.05, 0.1) is 6.54 Å². The molecule has 128 valence electrons. The average Bonchev–Trinajstić information content (AvgIpc) is 3.00. The van der Waals surface area contributed by atoms with Crippen LogP contribution < -0.4 is 5.56 Å². The Bertz CT molecular complexity index is 979. The van der Waals surface area contributed by atoms with Crippen molar-refractivity contribution in [3.8, 4) is 5.69 Å². The number of amides is 1. The van der Waals surface area contributed by atoms with Crippen LogP contribution in [0.3, 0.4) is 0 Å². The van der Waals surface area contributed by atoms with E-state index in [-0.39, 0.29) is 17.9 Å². The molecule has 0 N–H and O–H groups in total. The molecule has 0 bridgehead atoms. The SMILES string of the molecule is CN(Cc1nccn1C)C(=O)c1ccc(=O)n(-c2ccccc2F)n1. The molecule has 0 unspecified atom stereocenters. The maximum Gasteiger partial charge on any atom is 0.274 e. The standard InChI is InChI=1S/C17H16FN5O2/c1-21-10-9-19-15(21)11-22(2)17(25)13-7-8-16(24)23(20-13)14-6-4-3-5-12(14)18/h3-10H,11H2,1-2H3. The molecule has 2 heterocycles. The predicted molar refractivity (Wildman–Crippen MR) is 88.8 cm³/mol. The molecule has 25 heavy (non-hydrogen) atoms. The van der Waals surface area contributed by atoms with Gasteiger partial charge in [0.1, 0.15) is 23.0 Å². The number of aryl methyl sites for hydroxylation is 1. The van der Waals surface area contributed by atoms with Crippen LogP contribution in [0.15, 0.2) is 53.6 Å². The van der Waals surface area contributed by atoms with E-state index in [1.165, 1.54) is 35.2 Å². The molecule has 2 aromatic heterocycles. The minimum Gasteiger partial charge on any atom is -0.337 e. The van der Waals surface area contributed by atoms with Crippen LogP contribution in [0.2, 0.25) is 0 Å². The Hall–Kier alpha value is -3.29. The van der Waals surface area contributed by atoms with Gasteiger partial charge in [-0.05, 0) is 18.2 Å². The second-order valence-corrected chi connectivity index (χ2v) is 5.54. The smallest absolute Gasteiger partial charge is 0.274 e. The van der Waals surface area contributed by atoms with Gasteiger partial charge in [-0.2, -0.15) is 9.78 Å². The Morgan fingerprint density at radius 1 is 1.24 bits per heavy atom. The zero-order valence-corrected chi connectivity index (χ0v) is 13.8. The highest BCUT2D eigenvalue weighted by Crippen LogP contribution is 2.10. The van der Waals surface area contributed by atoms with Crippen molar-refractivity contribution in [1.29, 1.82) is 0 Å². The molecule has 0 atom stereocenters. The molecule has 0 aliphatic rings. The van der Waals surface area contributed by atoms with E-state index in [4.69, 9.17) is 0 Å². The molecule has 8 heteroatoms. The van der Waals surface area contributed by atoms with Crippen LogP contribution in [0.1, 0.15) is 16.3 Å². The number of hydrogen-bond donors (Lipinski definition) is 0. The summed E-state index contributed by atoms with van der Waals surface area (Å²) in [6.07, 6.45) is 3.43. The van der Waals surface area contributed by atoms with E-state index < -0.39 is 17.3 Å². The molecular weight excluding hydrogens is 325 g/mol. The number of para-hydroxylation sites is 1. The summed E-state index contributed by atoms with van der Waals surface area (Å²) >= 11 is 0. The van der Waals surface area contributed by atoms with Crippen molar-refractivity contribution < 1.29 is 9.18 Å². The molecule has 0 aliphatic heterocycles. The number of aromatic nitrogens is 4. The van der Waals surface area contributed by atoms with E-state index in [0.29, 0.717) is 5.82 Å². The Balaban J connectivity index is 1.91. The first-order chi connectivity index (χ1) is 12.0. The summed E-state index contributed by atoms with van der Waals surface area (Å²) < 4.78 is 16.6. The molecule has 1 aromatic carbocycles. The molecule has 3 aromatic rings. The zero-order chi connectivity index (χ0) is 18.0. The zero-order valence-electron chi connectivity index (χ0n) is 13.8. The normalized spacial score (nSPS) is 10.7. The van der Waals surface area contributed by atoms with Crippen molar-refractivity contribution in [2.75, 3.05) is 7.05 Å². The molecule has 0 saturated heterocycles. The first-order valence-electron chi connectivity index (χ1n) is 7.54. The van der Waals surface area contributed by atoms with Crippen molar-refractivity contribution in [3.63, 3.8) is 0 Å². The predicted octanol–water partition coefficient (Wildman–Crippen LogP) is 1.38. The highest BCUT2D eigenvalue weighted by Gasteiger charge is 2.17. The molecule has 1 amide bonds. The summed E-state index contributed by atoms with van der Waals surface area (Å²) in [6, 6.07) is 8.28. The first kappa shape index (κ1) is 16.6. The first-order valence-corrected chi connectivity index (χ1v) is 7.54. The summed E-state index contributed by atoms with van der Waals surface area (Å²) in [5, 5.41) is 4.02. The summed E-state index contributed by atoms with van der Waals surface area (Å²) in [5.41, 5.74) is -0.484. The van der Waals surface area contributed by atoms with Crippen LogP contribution in [0.4, 0.5) is 4.39 Å². The lowest BCUT2D eigenvalue weighted by molar-refractivity contribution is 0.0772. The van der Waals surface area contributed by atoms with Gasteiger partial charge in [-0.1, -0.05) is 12.1 Å². The maximum atomic E-state index is 13.9. The molecule has 0 fully saturated rings. The number of rotatable bonds is 4. The van der Waals surface area contributed by atoms with Crippen molar-refractivity contribution in [3.05, 3.63) is 76.5 Å². The number of nitrogens with zero attached hydrogens (tertiary/aromatic N) is 5. The van der Waals surface area contributed by atoms with Crippen LogP contribution >= 0.6 is 0 Å². The topological polar surface area (TPSA) is 73.0 Å². The average molecular weight is 341 g/mol. The van der Waals surface area contributed by atoms with Crippen LogP contribution in [0.25, 0.3) is 5.69 Å². The fraction of sp³-hybridized carbons (Fsp3) is 0.176. The minimum absolute atomic E-state index is 0.00564. The van der Waals surface area contributed by atoms with Crippen molar-refractivity contribution in [2.24, 2.45) is 7.05 Å². The van der Waals surface area contributed by atoms with Crippen molar-refractivity contribution >= 4 is 5.91 Å². The third-order valence-electron chi connectivity index (χ3n) is 3.75. The lowest BCUT2D eigenvalue weighted by Gasteiger charge is -2.17. The van der Waals surface area contributed by atoms with E-state index in [0.717, 1.165) is 4.68 Å². The highest BCUT2D eigenvalue weighted by atomic mass is 19.1. The van der Waals surface area contributed by atoms with E-state index in [2.05, 4.69) is 10.1 Å². The number of imidazole rings is 1. The van der Waals surface area contributed by atoms with Gasteiger partial charge < -0.3 is 9.47 Å². The van der Waals surface area contributed by atoms with E-state index >= 15 is 0 Å². The number of benzene rings is 1. The Morgan fingerprint density at radius 2 is 2.00 bits per heavy atom. The fourth-order valence-electron chi connectivity index (χ4n) is 2.35. The van der Waals surface area contributed by atoms with Crippen LogP contribution in [0, 0.1) is 5.82 Å². The van der Waals surface area contributed by atoms with Gasteiger partial charge in [-0.15, -0.1) is 0 Å². The Kier molecular flexibility index (Phi) is 4.42. The van der Waals surface area contributed by atoms with Gasteiger partial charge in [0.15, 0.2) is 0 Å². The molecule has 7 nitrogen and oxygen atoms in total. The van der Waals surface area contributed by atoms with E-state index in [1.807, 2.05) is 7.05 Å². The maximum absolute atomic E-state index is 13.9. The molecule has 3 rings (SSSR count). The van der Waals surface area contributed by atoms with Crippen LogP contribution in [-0.4, -0.2) is 37.2 Å². The number of carbonyl (C=O) groups is 1. The van der Waals surface area contributed by atoms with Gasteiger partial charge in [-0.3, -0.25) is 9.59 Å². The molecular formula is C17H16FN5O2. The van der Waals surface area contributed by atoms with Gasteiger partial charge in [0.2, 0.25) is 0 Å². The van der Waals surface area contributed by atoms with Gasteiger partial charge in [0, 0.05) is 32.6 Å². The lowest BCUT2D eigenvalue weighted by atomic mass is 10.3. The van der Waals surface area contributed by atoms with E-state index in [1.54, 1.807) is 30.1 Å². The lowest BCUT2D eigenvalue weighted by Crippen LogP contribution is -2.31. The van der Waals surface area contributed by atoms with E-state index in [9.17, 15) is 14.0 Å². The number of carbonyl (C=O) groups excluding carboxylic acids is 1. The summed E-state index contributed by atoms with van der Waals surface area (Å²) in [7, 11) is 3.44. The van der Waals surface area contributed by atoms with Crippen molar-refractivity contribution in [1.82, 2.24) is 24.2 Å². The van der Waals surface area contributed by atoms with Crippen LogP contribution in [0.5, 0.6) is 0 Å². The second kappa shape index (κ2) is 6.68. The summed E-state index contributed by atoms with van der Waals surface area (Å²) in [5.74, 6) is -0.283. The molecule has 0 saturated carbocycles. The third-order valence-corrected chi connectivity index (χ3v) is 3.75. The molecule has 0 aliphatic carbocycles. The van der Waals surface area contributed by atoms with Crippen molar-refractivity contribution in [2.45, 2.75) is 6.54 Å². The summed E-state index contributed by atoms with van der Waals surface area (Å²) in [6.45, 7) is 0.281. The van der Waals surface area contributed by atoms with Gasteiger partial charge in [-0.25, -0.2) is 9.37 Å². The number of hydrogen-bond acceptors (Lipinski definition) is 4. The van der Waals surface area contributed by atoms with Gasteiger partial charge in [0.25, 0.3) is 11.5 Å². The minimum atomic E-state index is -0.594. The highest BCUT2D eigenvalue weighted by molar-refractivity contribution is 5.91. The third kappa shape index (κ3) is 3.32. The second-order valence-electron chi connectivity index (χ2n) is 5.54. The largest absolute Gasteiger partial charge is 0.337 e. The quantitative estimate of drug-likeness (QED) is 0.719. The number of halogens is 1. The molecule has 0 spiro atoms. The Labute approximate surface area is 143 Å². The monoisotopic (exact) mass is 341 g/mol. The van der Waals surface area contributed by atoms with Crippen LogP contribution in [-0.2, 0) is 13.6 Å². The molecule has 0 radical (unpaired) electrons.